The van der Waals surface area contributed by atoms with E-state index in [1.165, 1.54) is 18.9 Å². The maximum absolute atomic E-state index is 14.3. The predicted octanol–water partition coefficient (Wildman–Crippen LogP) is 4.25. The van der Waals surface area contributed by atoms with E-state index < -0.39 is 0 Å². The van der Waals surface area contributed by atoms with Gasteiger partial charge in [-0.15, -0.1) is 0 Å². The van der Waals surface area contributed by atoms with E-state index in [-0.39, 0.29) is 11.9 Å². The second kappa shape index (κ2) is 5.72. The fraction of sp³-hybridized carbons (Fsp3) is 0.647. The lowest BCUT2D eigenvalue weighted by Gasteiger charge is -2.40. The van der Waals surface area contributed by atoms with E-state index >= 15 is 0 Å². The normalized spacial score (nSPS) is 20.7. The molecule has 0 saturated heterocycles. The summed E-state index contributed by atoms with van der Waals surface area (Å²) in [5, 5.41) is 0. The van der Waals surface area contributed by atoms with Gasteiger partial charge in [-0.3, -0.25) is 0 Å². The first-order chi connectivity index (χ1) is 9.32. The van der Waals surface area contributed by atoms with Crippen molar-refractivity contribution in [1.29, 1.82) is 0 Å². The summed E-state index contributed by atoms with van der Waals surface area (Å²) < 4.78 is 14.3. The van der Waals surface area contributed by atoms with Crippen LogP contribution < -0.4 is 10.6 Å². The Morgan fingerprint density at radius 3 is 2.45 bits per heavy atom. The summed E-state index contributed by atoms with van der Waals surface area (Å²) in [6, 6.07) is 5.48. The average molecular weight is 278 g/mol. The molecule has 2 N–H and O–H groups in total. The predicted molar refractivity (Wildman–Crippen MR) is 83.4 cm³/mol. The lowest BCUT2D eigenvalue weighted by atomic mass is 9.75. The van der Waals surface area contributed by atoms with Crippen LogP contribution in [0.2, 0.25) is 0 Å². The molecule has 0 amide bonds. The Morgan fingerprint density at radius 2 is 1.90 bits per heavy atom. The highest BCUT2D eigenvalue weighted by Crippen LogP contribution is 2.39. The zero-order valence-electron chi connectivity index (χ0n) is 13.1. The van der Waals surface area contributed by atoms with Crippen LogP contribution in [0, 0.1) is 11.2 Å². The monoisotopic (exact) mass is 278 g/mol. The van der Waals surface area contributed by atoms with Crippen LogP contribution in [-0.4, -0.2) is 13.1 Å². The second-order valence-electron chi connectivity index (χ2n) is 6.97. The van der Waals surface area contributed by atoms with Crippen LogP contribution in [-0.2, 0) is 0 Å². The van der Waals surface area contributed by atoms with Gasteiger partial charge in [0.05, 0.1) is 5.69 Å². The molecule has 0 aromatic heterocycles. The molecule has 0 spiro atoms. The van der Waals surface area contributed by atoms with E-state index in [0.717, 1.165) is 18.4 Å². The molecular formula is C17H27FN2. The Bertz CT molecular complexity index is 458. The molecular weight excluding hydrogens is 251 g/mol. The lowest BCUT2D eigenvalue weighted by Crippen LogP contribution is -2.38. The summed E-state index contributed by atoms with van der Waals surface area (Å²) in [4.78, 5) is 2.11. The average Bonchev–Trinajstić information content (AvgIpc) is 2.37. The standard InChI is InChI=1S/C17H27FN2/c1-12(19)14-6-5-7-15(18)16(14)20(4)13-8-10-17(2,3)11-9-13/h5-7,12-13H,8-11,19H2,1-4H3. The van der Waals surface area contributed by atoms with Crippen molar-refractivity contribution >= 4 is 5.69 Å². The van der Waals surface area contributed by atoms with Gasteiger partial charge >= 0.3 is 0 Å². The Balaban J connectivity index is 2.23. The Morgan fingerprint density at radius 1 is 1.30 bits per heavy atom. The van der Waals surface area contributed by atoms with Crippen molar-refractivity contribution in [3.63, 3.8) is 0 Å². The summed E-state index contributed by atoms with van der Waals surface area (Å²) in [5.41, 5.74) is 8.02. The highest BCUT2D eigenvalue weighted by molar-refractivity contribution is 5.56. The molecule has 1 saturated carbocycles. The molecule has 112 valence electrons. The topological polar surface area (TPSA) is 29.3 Å². The molecule has 1 aromatic rings. The number of hydrogen-bond acceptors (Lipinski definition) is 2. The van der Waals surface area contributed by atoms with Gasteiger partial charge in [0.1, 0.15) is 5.82 Å². The van der Waals surface area contributed by atoms with Crippen molar-refractivity contribution in [2.75, 3.05) is 11.9 Å². The summed E-state index contributed by atoms with van der Waals surface area (Å²) in [6.45, 7) is 6.55. The highest BCUT2D eigenvalue weighted by Gasteiger charge is 2.30. The van der Waals surface area contributed by atoms with Crippen LogP contribution in [0.1, 0.15) is 58.1 Å². The van der Waals surface area contributed by atoms with Crippen LogP contribution in [0.5, 0.6) is 0 Å². The van der Waals surface area contributed by atoms with Crippen LogP contribution >= 0.6 is 0 Å². The van der Waals surface area contributed by atoms with Crippen LogP contribution in [0.4, 0.5) is 10.1 Å². The Kier molecular flexibility index (Phi) is 4.38. The van der Waals surface area contributed by atoms with Crippen molar-refractivity contribution in [2.24, 2.45) is 11.1 Å². The van der Waals surface area contributed by atoms with Crippen LogP contribution in [0.3, 0.4) is 0 Å². The molecule has 0 bridgehead atoms. The summed E-state index contributed by atoms with van der Waals surface area (Å²) in [7, 11) is 2.01. The first-order valence-electron chi connectivity index (χ1n) is 7.58. The van der Waals surface area contributed by atoms with E-state index in [9.17, 15) is 4.39 Å². The first kappa shape index (κ1) is 15.3. The molecule has 0 radical (unpaired) electrons. The minimum absolute atomic E-state index is 0.150. The zero-order chi connectivity index (χ0) is 14.9. The number of anilines is 1. The van der Waals surface area contributed by atoms with Gasteiger partial charge in [-0.1, -0.05) is 26.0 Å². The molecule has 0 aliphatic heterocycles. The van der Waals surface area contributed by atoms with E-state index in [4.69, 9.17) is 5.73 Å². The van der Waals surface area contributed by atoms with Crippen LogP contribution in [0.15, 0.2) is 18.2 Å². The maximum Gasteiger partial charge on any atom is 0.146 e. The number of rotatable bonds is 3. The molecule has 0 heterocycles. The minimum atomic E-state index is -0.160. The molecule has 3 heteroatoms. The van der Waals surface area contributed by atoms with Crippen molar-refractivity contribution in [1.82, 2.24) is 0 Å². The van der Waals surface area contributed by atoms with E-state index in [1.807, 2.05) is 20.0 Å². The number of nitrogens with two attached hydrogens (primary N) is 1. The van der Waals surface area contributed by atoms with E-state index in [0.29, 0.717) is 17.1 Å². The maximum atomic E-state index is 14.3. The van der Waals surface area contributed by atoms with E-state index in [2.05, 4.69) is 18.7 Å². The molecule has 1 fully saturated rings. The second-order valence-corrected chi connectivity index (χ2v) is 6.97. The molecule has 2 nitrogen and oxygen atoms in total. The zero-order valence-corrected chi connectivity index (χ0v) is 13.1. The lowest BCUT2D eigenvalue weighted by molar-refractivity contribution is 0.222. The summed E-state index contributed by atoms with van der Waals surface area (Å²) >= 11 is 0. The molecule has 1 unspecified atom stereocenters. The fourth-order valence-corrected chi connectivity index (χ4v) is 3.23. The Hall–Kier alpha value is -1.09. The quantitative estimate of drug-likeness (QED) is 0.895. The van der Waals surface area contributed by atoms with Gasteiger partial charge in [-0.2, -0.15) is 0 Å². The third kappa shape index (κ3) is 3.14. The molecule has 1 atom stereocenters. The summed E-state index contributed by atoms with van der Waals surface area (Å²) in [6.07, 6.45) is 4.64. The fourth-order valence-electron chi connectivity index (χ4n) is 3.23. The number of para-hydroxylation sites is 1. The number of hydrogen-bond donors (Lipinski definition) is 1. The molecule has 2 rings (SSSR count). The summed E-state index contributed by atoms with van der Waals surface area (Å²) in [5.74, 6) is -0.160. The number of nitrogens with zero attached hydrogens (tertiary/aromatic N) is 1. The molecule has 1 aliphatic rings. The molecule has 1 aromatic carbocycles. The molecule has 1 aliphatic carbocycles. The van der Waals surface area contributed by atoms with E-state index in [1.54, 1.807) is 6.07 Å². The first-order valence-corrected chi connectivity index (χ1v) is 7.58. The Labute approximate surface area is 122 Å². The number of halogens is 1. The van der Waals surface area contributed by atoms with Gasteiger partial charge in [0, 0.05) is 19.1 Å². The largest absolute Gasteiger partial charge is 0.369 e. The van der Waals surface area contributed by atoms with Gasteiger partial charge < -0.3 is 10.6 Å². The highest BCUT2D eigenvalue weighted by atomic mass is 19.1. The van der Waals surface area contributed by atoms with Gasteiger partial charge in [-0.05, 0) is 49.7 Å². The van der Waals surface area contributed by atoms with Crippen molar-refractivity contribution in [3.05, 3.63) is 29.6 Å². The van der Waals surface area contributed by atoms with Crippen molar-refractivity contribution < 1.29 is 4.39 Å². The van der Waals surface area contributed by atoms with Gasteiger partial charge in [0.25, 0.3) is 0 Å². The SMILES string of the molecule is CC(N)c1cccc(F)c1N(C)C1CCC(C)(C)CC1. The van der Waals surface area contributed by atoms with Gasteiger partial charge in [0.2, 0.25) is 0 Å². The van der Waals surface area contributed by atoms with Gasteiger partial charge in [0.15, 0.2) is 0 Å². The van der Waals surface area contributed by atoms with Gasteiger partial charge in [-0.25, -0.2) is 4.39 Å². The van der Waals surface area contributed by atoms with Crippen molar-refractivity contribution in [2.45, 2.75) is 58.5 Å². The minimum Gasteiger partial charge on any atom is -0.369 e. The smallest absolute Gasteiger partial charge is 0.146 e. The van der Waals surface area contributed by atoms with Crippen LogP contribution in [0.25, 0.3) is 0 Å². The third-order valence-corrected chi connectivity index (χ3v) is 4.72. The van der Waals surface area contributed by atoms with Crippen molar-refractivity contribution in [3.8, 4) is 0 Å². The third-order valence-electron chi connectivity index (χ3n) is 4.72. The number of benzene rings is 1. The molecule has 20 heavy (non-hydrogen) atoms.